The van der Waals surface area contributed by atoms with Crippen LogP contribution in [0.5, 0.6) is 17.2 Å². The average molecular weight is 625 g/mol. The Bertz CT molecular complexity index is 1440. The van der Waals surface area contributed by atoms with Crippen molar-refractivity contribution in [1.82, 2.24) is 0 Å². The molecule has 8 nitrogen and oxygen atoms in total. The highest BCUT2D eigenvalue weighted by atomic mass is 16.6. The van der Waals surface area contributed by atoms with Crippen molar-refractivity contribution in [1.29, 1.82) is 0 Å². The monoisotopic (exact) mass is 624 g/mol. The maximum atomic E-state index is 6.03. The second-order valence-electron chi connectivity index (χ2n) is 12.6. The summed E-state index contributed by atoms with van der Waals surface area (Å²) >= 11 is 0. The molecule has 4 aliphatic heterocycles. The number of hydrogen-bond acceptors (Lipinski definition) is 8. The van der Waals surface area contributed by atoms with E-state index in [1.165, 1.54) is 16.7 Å². The Labute approximate surface area is 269 Å². The van der Waals surface area contributed by atoms with Crippen molar-refractivity contribution >= 4 is 0 Å². The molecule has 0 bridgehead atoms. The molecule has 0 spiro atoms. The molecular formula is C38H40O8. The second-order valence-corrected chi connectivity index (χ2v) is 12.6. The van der Waals surface area contributed by atoms with Crippen molar-refractivity contribution in [3.05, 3.63) is 113 Å². The molecular weight excluding hydrogens is 584 g/mol. The van der Waals surface area contributed by atoms with Gasteiger partial charge in [0.2, 0.25) is 0 Å². The van der Waals surface area contributed by atoms with E-state index in [-0.39, 0.29) is 42.2 Å². The fourth-order valence-electron chi connectivity index (χ4n) is 6.03. The summed E-state index contributed by atoms with van der Waals surface area (Å²) < 4.78 is 45.4. The first kappa shape index (κ1) is 29.6. The minimum absolute atomic E-state index is 0.0543. The third-order valence-corrected chi connectivity index (χ3v) is 9.02. The zero-order chi connectivity index (χ0) is 30.7. The molecule has 8 heteroatoms. The van der Waals surface area contributed by atoms with Crippen molar-refractivity contribution in [3.8, 4) is 17.2 Å². The Morgan fingerprint density at radius 3 is 1.28 bits per heavy atom. The molecule has 4 fully saturated rings. The SMILES string of the molecule is C1=CC(C(c2ccc(OCC3CO3)cc2)C(c2ccc(OCC3CO3)cc2)c2ccc(OCC3CO3)cc2)CC=C1OCC1CO1. The Morgan fingerprint density at radius 2 is 0.913 bits per heavy atom. The lowest BCUT2D eigenvalue weighted by atomic mass is 9.69. The van der Waals surface area contributed by atoms with Gasteiger partial charge in [0.15, 0.2) is 0 Å². The minimum atomic E-state index is 0.0543. The molecule has 4 heterocycles. The van der Waals surface area contributed by atoms with E-state index < -0.39 is 0 Å². The van der Waals surface area contributed by atoms with E-state index >= 15 is 0 Å². The summed E-state index contributed by atoms with van der Waals surface area (Å²) in [5.74, 6) is 3.88. The van der Waals surface area contributed by atoms with E-state index in [2.05, 4.69) is 91.0 Å². The quantitative estimate of drug-likeness (QED) is 0.174. The van der Waals surface area contributed by atoms with Crippen LogP contribution in [0.3, 0.4) is 0 Å². The lowest BCUT2D eigenvalue weighted by Gasteiger charge is -2.35. The molecule has 5 aliphatic rings. The fourth-order valence-corrected chi connectivity index (χ4v) is 6.03. The van der Waals surface area contributed by atoms with Crippen molar-refractivity contribution in [2.24, 2.45) is 5.92 Å². The van der Waals surface area contributed by atoms with Crippen LogP contribution in [0.25, 0.3) is 0 Å². The maximum Gasteiger partial charge on any atom is 0.119 e. The van der Waals surface area contributed by atoms with E-state index in [1.54, 1.807) is 0 Å². The van der Waals surface area contributed by atoms with Gasteiger partial charge in [0.25, 0.3) is 0 Å². The largest absolute Gasteiger partial charge is 0.491 e. The highest BCUT2D eigenvalue weighted by Crippen LogP contribution is 2.47. The van der Waals surface area contributed by atoms with Gasteiger partial charge in [-0.25, -0.2) is 0 Å². The number of benzene rings is 3. The lowest BCUT2D eigenvalue weighted by Crippen LogP contribution is -2.22. The van der Waals surface area contributed by atoms with Gasteiger partial charge in [-0.1, -0.05) is 42.5 Å². The van der Waals surface area contributed by atoms with Gasteiger partial charge in [0, 0.05) is 11.8 Å². The Morgan fingerprint density at radius 1 is 0.522 bits per heavy atom. The first-order chi connectivity index (χ1) is 22.7. The molecule has 0 radical (unpaired) electrons. The maximum absolute atomic E-state index is 6.03. The Balaban J connectivity index is 1.10. The summed E-state index contributed by atoms with van der Waals surface area (Å²) in [6.07, 6.45) is 8.39. The molecule has 0 amide bonds. The molecule has 3 aromatic carbocycles. The predicted octanol–water partition coefficient (Wildman–Crippen LogP) is 5.81. The number of epoxide rings is 4. The van der Waals surface area contributed by atoms with Crippen LogP contribution in [0, 0.1) is 5.92 Å². The lowest BCUT2D eigenvalue weighted by molar-refractivity contribution is 0.190. The third-order valence-electron chi connectivity index (χ3n) is 9.02. The van der Waals surface area contributed by atoms with Crippen molar-refractivity contribution in [2.45, 2.75) is 42.7 Å². The van der Waals surface area contributed by atoms with Gasteiger partial charge in [-0.3, -0.25) is 0 Å². The summed E-state index contributed by atoms with van der Waals surface area (Å²) in [5.41, 5.74) is 3.68. The first-order valence-electron chi connectivity index (χ1n) is 16.4. The van der Waals surface area contributed by atoms with E-state index in [0.29, 0.717) is 26.4 Å². The second kappa shape index (κ2) is 13.5. The normalized spacial score (nSPS) is 26.8. The standard InChI is InChI=1S/C38H40O8/c1-9-29(39-17-33-21-43-33)10-2-25(1)37(26-3-11-30(12-4-26)40-18-34-22-44-34)38(27-5-13-31(14-6-27)41-19-35-23-45-35)28-7-15-32(16-8-28)42-20-36-24-46-36/h1-7,9-16,28,33-38H,8,17-24H2. The van der Waals surface area contributed by atoms with Gasteiger partial charge in [-0.2, -0.15) is 0 Å². The number of allylic oxidation sites excluding steroid dienone is 3. The van der Waals surface area contributed by atoms with E-state index in [1.807, 2.05) is 0 Å². The van der Waals surface area contributed by atoms with Crippen LogP contribution in [-0.2, 0) is 23.7 Å². The summed E-state index contributed by atoms with van der Waals surface area (Å²) in [6.45, 7) is 5.46. The van der Waals surface area contributed by atoms with E-state index in [4.69, 9.17) is 37.9 Å². The number of ether oxygens (including phenoxy) is 8. The summed E-state index contributed by atoms with van der Waals surface area (Å²) in [5, 5.41) is 0. The summed E-state index contributed by atoms with van der Waals surface area (Å²) in [4.78, 5) is 0. The van der Waals surface area contributed by atoms with Crippen molar-refractivity contribution in [2.75, 3.05) is 52.9 Å². The van der Waals surface area contributed by atoms with Crippen LogP contribution in [0.4, 0.5) is 0 Å². The van der Waals surface area contributed by atoms with Crippen LogP contribution in [0.1, 0.15) is 34.9 Å². The zero-order valence-corrected chi connectivity index (χ0v) is 25.8. The van der Waals surface area contributed by atoms with Gasteiger partial charge in [0.1, 0.15) is 73.9 Å². The van der Waals surface area contributed by atoms with Crippen LogP contribution < -0.4 is 14.2 Å². The van der Waals surface area contributed by atoms with Gasteiger partial charge < -0.3 is 37.9 Å². The van der Waals surface area contributed by atoms with Crippen molar-refractivity contribution in [3.63, 3.8) is 0 Å². The third kappa shape index (κ3) is 7.93. The molecule has 3 aromatic rings. The predicted molar refractivity (Wildman–Crippen MR) is 171 cm³/mol. The smallest absolute Gasteiger partial charge is 0.119 e. The summed E-state index contributed by atoms with van der Waals surface area (Å²) in [6, 6.07) is 25.7. The molecule has 0 N–H and O–H groups in total. The average Bonchev–Trinajstić information content (AvgIpc) is 3.91. The van der Waals surface area contributed by atoms with E-state index in [0.717, 1.165) is 55.9 Å². The first-order valence-corrected chi connectivity index (χ1v) is 16.4. The molecule has 0 saturated carbocycles. The molecule has 8 rings (SSSR count). The molecule has 6 atom stereocenters. The highest BCUT2D eigenvalue weighted by molar-refractivity contribution is 5.44. The van der Waals surface area contributed by atoms with E-state index in [9.17, 15) is 0 Å². The zero-order valence-electron chi connectivity index (χ0n) is 25.8. The minimum Gasteiger partial charge on any atom is -0.491 e. The summed E-state index contributed by atoms with van der Waals surface area (Å²) in [7, 11) is 0. The van der Waals surface area contributed by atoms with Crippen LogP contribution in [0.2, 0.25) is 0 Å². The number of rotatable bonds is 17. The van der Waals surface area contributed by atoms with Crippen LogP contribution in [-0.4, -0.2) is 77.3 Å². The molecule has 0 aromatic heterocycles. The Kier molecular flexibility index (Phi) is 8.68. The highest BCUT2D eigenvalue weighted by Gasteiger charge is 2.34. The molecule has 6 unspecified atom stereocenters. The van der Waals surface area contributed by atoms with Gasteiger partial charge in [-0.15, -0.1) is 0 Å². The molecule has 4 saturated heterocycles. The Hall–Kier alpha value is -3.82. The number of hydrogen-bond donors (Lipinski definition) is 0. The van der Waals surface area contributed by atoms with Gasteiger partial charge >= 0.3 is 0 Å². The molecule has 1 aliphatic carbocycles. The fraction of sp³-hybridized carbons (Fsp3) is 0.421. The molecule has 46 heavy (non-hydrogen) atoms. The van der Waals surface area contributed by atoms with Crippen LogP contribution in [0.15, 0.2) is 96.8 Å². The van der Waals surface area contributed by atoms with Crippen molar-refractivity contribution < 1.29 is 37.9 Å². The van der Waals surface area contributed by atoms with Gasteiger partial charge in [-0.05, 0) is 77.6 Å². The topological polar surface area (TPSA) is 87.0 Å². The van der Waals surface area contributed by atoms with Gasteiger partial charge in [0.05, 0.1) is 26.4 Å². The molecule has 240 valence electrons. The van der Waals surface area contributed by atoms with Crippen LogP contribution >= 0.6 is 0 Å².